The highest BCUT2D eigenvalue weighted by Crippen LogP contribution is 2.27. The lowest BCUT2D eigenvalue weighted by molar-refractivity contribution is 0.101. The summed E-state index contributed by atoms with van der Waals surface area (Å²) in [7, 11) is 0. The molecular formula is C19H18N6O. The zero-order valence-electron chi connectivity index (χ0n) is 14.2. The van der Waals surface area contributed by atoms with Crippen LogP contribution in [0.25, 0.3) is 16.9 Å². The number of carbonyl (C=O) groups excluding carboxylic acids is 1. The van der Waals surface area contributed by atoms with Gasteiger partial charge < -0.3 is 5.32 Å². The first-order chi connectivity index (χ1) is 12.8. The van der Waals surface area contributed by atoms with Crippen LogP contribution in [-0.4, -0.2) is 37.7 Å². The van der Waals surface area contributed by atoms with Crippen LogP contribution in [-0.2, 0) is 0 Å². The Labute approximate surface area is 150 Å². The summed E-state index contributed by atoms with van der Waals surface area (Å²) in [4.78, 5) is 24.5. The molecular weight excluding hydrogens is 328 g/mol. The van der Waals surface area contributed by atoms with Gasteiger partial charge in [-0.05, 0) is 25.0 Å². The minimum absolute atomic E-state index is 0.192. The number of nitrogens with zero attached hydrogens (tertiary/aromatic N) is 5. The molecule has 2 aliphatic rings. The van der Waals surface area contributed by atoms with E-state index in [4.69, 9.17) is 0 Å². The number of aromatic nitrogens is 4. The van der Waals surface area contributed by atoms with Crippen molar-refractivity contribution in [2.24, 2.45) is 4.99 Å². The normalized spacial score (nSPS) is 17.0. The molecule has 0 atom stereocenters. The average Bonchev–Trinajstić information content (AvgIpc) is 3.30. The fourth-order valence-corrected chi connectivity index (χ4v) is 3.78. The van der Waals surface area contributed by atoms with Crippen LogP contribution in [0.15, 0.2) is 35.7 Å². The fourth-order valence-electron chi connectivity index (χ4n) is 3.78. The van der Waals surface area contributed by atoms with Crippen molar-refractivity contribution in [3.63, 3.8) is 0 Å². The number of hydrogen-bond acceptors (Lipinski definition) is 5. The zero-order chi connectivity index (χ0) is 17.5. The molecule has 3 aromatic rings. The molecule has 0 unspecified atom stereocenters. The van der Waals surface area contributed by atoms with E-state index in [1.807, 2.05) is 18.3 Å². The maximum absolute atomic E-state index is 11.7. The molecule has 7 heteroatoms. The summed E-state index contributed by atoms with van der Waals surface area (Å²) in [6.07, 6.45) is 11.1. The van der Waals surface area contributed by atoms with Crippen molar-refractivity contribution < 1.29 is 4.79 Å². The van der Waals surface area contributed by atoms with Gasteiger partial charge in [-0.2, -0.15) is 5.10 Å². The SMILES string of the molecule is O=C1N=Cc2cc(-c3cnc(NC4CCCCC4)c4ncnn34)ccc21. The van der Waals surface area contributed by atoms with Crippen molar-refractivity contribution in [3.8, 4) is 11.3 Å². The van der Waals surface area contributed by atoms with E-state index < -0.39 is 0 Å². The van der Waals surface area contributed by atoms with Crippen LogP contribution in [0.3, 0.4) is 0 Å². The van der Waals surface area contributed by atoms with Crippen molar-refractivity contribution in [1.29, 1.82) is 0 Å². The topological polar surface area (TPSA) is 84.5 Å². The molecule has 3 heterocycles. The first-order valence-electron chi connectivity index (χ1n) is 8.98. The highest BCUT2D eigenvalue weighted by atomic mass is 16.1. The lowest BCUT2D eigenvalue weighted by Crippen LogP contribution is -2.23. The molecule has 130 valence electrons. The molecule has 7 nitrogen and oxygen atoms in total. The standard InChI is InChI=1S/C19H18N6O/c26-19-15-7-6-12(8-13(15)9-21-19)16-10-20-17(18-22-11-23-25(16)18)24-14-4-2-1-3-5-14/h6-11,14H,1-5H2,(H,20,24). The Bertz CT molecular complexity index is 1030. The zero-order valence-corrected chi connectivity index (χ0v) is 14.2. The quantitative estimate of drug-likeness (QED) is 0.788. The number of nitrogens with one attached hydrogen (secondary N) is 1. The van der Waals surface area contributed by atoms with Gasteiger partial charge in [-0.25, -0.2) is 19.5 Å². The molecule has 26 heavy (non-hydrogen) atoms. The molecule has 1 amide bonds. The van der Waals surface area contributed by atoms with E-state index in [2.05, 4.69) is 25.4 Å². The van der Waals surface area contributed by atoms with Crippen LogP contribution in [0.5, 0.6) is 0 Å². The second-order valence-corrected chi connectivity index (χ2v) is 6.83. The predicted molar refractivity (Wildman–Crippen MR) is 98.6 cm³/mol. The third-order valence-corrected chi connectivity index (χ3v) is 5.15. The third-order valence-electron chi connectivity index (χ3n) is 5.15. The van der Waals surface area contributed by atoms with Gasteiger partial charge in [0, 0.05) is 23.4 Å². The number of rotatable bonds is 3. The molecule has 1 fully saturated rings. The monoisotopic (exact) mass is 346 g/mol. The van der Waals surface area contributed by atoms with Crippen LogP contribution in [0.4, 0.5) is 5.82 Å². The third kappa shape index (κ3) is 2.47. The van der Waals surface area contributed by atoms with Crippen molar-refractivity contribution in [2.75, 3.05) is 5.32 Å². The molecule has 1 aliphatic carbocycles. The molecule has 0 spiro atoms. The number of carbonyl (C=O) groups is 1. The van der Waals surface area contributed by atoms with Crippen LogP contribution < -0.4 is 5.32 Å². The van der Waals surface area contributed by atoms with Crippen molar-refractivity contribution in [2.45, 2.75) is 38.1 Å². The van der Waals surface area contributed by atoms with E-state index in [1.54, 1.807) is 23.1 Å². The largest absolute Gasteiger partial charge is 0.364 e. The van der Waals surface area contributed by atoms with Gasteiger partial charge in [0.15, 0.2) is 11.5 Å². The van der Waals surface area contributed by atoms with Gasteiger partial charge in [0.2, 0.25) is 0 Å². The van der Waals surface area contributed by atoms with Crippen LogP contribution in [0.2, 0.25) is 0 Å². The first kappa shape index (κ1) is 15.2. The molecule has 5 rings (SSSR count). The first-order valence-corrected chi connectivity index (χ1v) is 8.98. The smallest absolute Gasteiger partial charge is 0.277 e. The van der Waals surface area contributed by atoms with E-state index in [0.29, 0.717) is 11.6 Å². The van der Waals surface area contributed by atoms with Gasteiger partial charge in [0.25, 0.3) is 5.91 Å². The minimum atomic E-state index is -0.192. The highest BCUT2D eigenvalue weighted by Gasteiger charge is 2.19. The summed E-state index contributed by atoms with van der Waals surface area (Å²) < 4.78 is 1.80. The Kier molecular flexibility index (Phi) is 3.51. The second-order valence-electron chi connectivity index (χ2n) is 6.83. The summed E-state index contributed by atoms with van der Waals surface area (Å²) in [6, 6.07) is 6.09. The van der Waals surface area contributed by atoms with E-state index in [9.17, 15) is 4.79 Å². The lowest BCUT2D eigenvalue weighted by atomic mass is 9.95. The Morgan fingerprint density at radius 3 is 2.88 bits per heavy atom. The summed E-state index contributed by atoms with van der Waals surface area (Å²) in [5.74, 6) is 0.582. The van der Waals surface area contributed by atoms with E-state index in [1.165, 1.54) is 32.1 Å². The van der Waals surface area contributed by atoms with Crippen LogP contribution in [0, 0.1) is 0 Å². The van der Waals surface area contributed by atoms with Crippen molar-refractivity contribution in [3.05, 3.63) is 41.9 Å². The van der Waals surface area contributed by atoms with Gasteiger partial charge in [0.1, 0.15) is 6.33 Å². The van der Waals surface area contributed by atoms with Gasteiger partial charge in [-0.1, -0.05) is 25.3 Å². The number of amides is 1. The number of aliphatic imine (C=N–C) groups is 1. The van der Waals surface area contributed by atoms with Gasteiger partial charge >= 0.3 is 0 Å². The molecule has 1 aromatic carbocycles. The predicted octanol–water partition coefficient (Wildman–Crippen LogP) is 3.11. The Morgan fingerprint density at radius 1 is 1.12 bits per heavy atom. The molecule has 0 radical (unpaired) electrons. The molecule has 1 N–H and O–H groups in total. The minimum Gasteiger partial charge on any atom is -0.364 e. The number of hydrogen-bond donors (Lipinski definition) is 1. The summed E-state index contributed by atoms with van der Waals surface area (Å²) >= 11 is 0. The highest BCUT2D eigenvalue weighted by molar-refractivity contribution is 6.13. The molecule has 1 saturated carbocycles. The van der Waals surface area contributed by atoms with Crippen LogP contribution in [0.1, 0.15) is 48.0 Å². The number of anilines is 1. The molecule has 1 aliphatic heterocycles. The van der Waals surface area contributed by atoms with Gasteiger partial charge in [-0.15, -0.1) is 0 Å². The Hall–Kier alpha value is -3.09. The van der Waals surface area contributed by atoms with Crippen LogP contribution >= 0.6 is 0 Å². The Balaban J connectivity index is 1.54. The Morgan fingerprint density at radius 2 is 2.00 bits per heavy atom. The maximum Gasteiger partial charge on any atom is 0.277 e. The van der Waals surface area contributed by atoms with Gasteiger partial charge in [-0.3, -0.25) is 4.79 Å². The number of benzene rings is 1. The molecule has 0 saturated heterocycles. The summed E-state index contributed by atoms with van der Waals surface area (Å²) in [5, 5.41) is 7.92. The van der Waals surface area contributed by atoms with Gasteiger partial charge in [0.05, 0.1) is 17.5 Å². The van der Waals surface area contributed by atoms with E-state index in [0.717, 1.165) is 28.3 Å². The molecule has 0 bridgehead atoms. The fraction of sp³-hybridized carbons (Fsp3) is 0.316. The summed E-state index contributed by atoms with van der Waals surface area (Å²) in [6.45, 7) is 0. The lowest BCUT2D eigenvalue weighted by Gasteiger charge is -2.23. The maximum atomic E-state index is 11.7. The number of fused-ring (bicyclic) bond motifs is 2. The summed E-state index contributed by atoms with van der Waals surface area (Å²) in [5.41, 5.74) is 3.94. The average molecular weight is 346 g/mol. The second kappa shape index (κ2) is 6.01. The molecule has 2 aromatic heterocycles. The van der Waals surface area contributed by atoms with Crippen molar-refractivity contribution >= 4 is 23.6 Å². The van der Waals surface area contributed by atoms with E-state index in [-0.39, 0.29) is 5.91 Å². The van der Waals surface area contributed by atoms with Crippen molar-refractivity contribution in [1.82, 2.24) is 19.6 Å². The van der Waals surface area contributed by atoms with E-state index >= 15 is 0 Å².